The average molecular weight is 281 g/mol. The molecule has 1 N–H and O–H groups in total. The summed E-state index contributed by atoms with van der Waals surface area (Å²) in [4.78, 5) is 1.92. The zero-order valence-corrected chi connectivity index (χ0v) is 11.7. The van der Waals surface area contributed by atoms with Gasteiger partial charge in [-0.2, -0.15) is 0 Å². The first-order valence-corrected chi connectivity index (χ1v) is 7.61. The van der Waals surface area contributed by atoms with Gasteiger partial charge < -0.3 is 4.90 Å². The highest BCUT2D eigenvalue weighted by atomic mass is 32.2. The van der Waals surface area contributed by atoms with Gasteiger partial charge in [0.15, 0.2) is 0 Å². The second kappa shape index (κ2) is 4.99. The van der Waals surface area contributed by atoms with Gasteiger partial charge in [-0.3, -0.25) is 4.72 Å². The van der Waals surface area contributed by atoms with Crippen LogP contribution in [0.5, 0.6) is 0 Å². The Morgan fingerprint density at radius 1 is 1.28 bits per heavy atom. The zero-order chi connectivity index (χ0) is 13.2. The Labute approximate surface area is 111 Å². The molecular weight excluding hydrogens is 268 g/mol. The fourth-order valence-electron chi connectivity index (χ4n) is 1.37. The Kier molecular flexibility index (Phi) is 3.58. The number of hydrogen-bond donors (Lipinski definition) is 1. The van der Waals surface area contributed by atoms with Crippen molar-refractivity contribution in [2.75, 3.05) is 23.7 Å². The topological polar surface area (TPSA) is 49.4 Å². The molecule has 1 aromatic carbocycles. The molecule has 0 saturated heterocycles. The molecule has 95 valence electrons. The van der Waals surface area contributed by atoms with Gasteiger partial charge in [0, 0.05) is 25.8 Å². The molecule has 0 atom stereocenters. The molecule has 2 rings (SSSR count). The number of nitrogens with one attached hydrogen (secondary N) is 1. The Hall–Kier alpha value is -1.53. The van der Waals surface area contributed by atoms with E-state index in [1.807, 2.05) is 25.1 Å². The van der Waals surface area contributed by atoms with Crippen molar-refractivity contribution in [2.45, 2.75) is 4.21 Å². The van der Waals surface area contributed by atoms with Gasteiger partial charge in [0.1, 0.15) is 4.21 Å². The molecule has 0 amide bonds. The summed E-state index contributed by atoms with van der Waals surface area (Å²) in [7, 11) is 0.351. The molecular formula is C12H13N2O2S2. The number of anilines is 2. The van der Waals surface area contributed by atoms with Crippen LogP contribution < -0.4 is 9.62 Å². The highest BCUT2D eigenvalue weighted by molar-refractivity contribution is 7.94. The Bertz CT molecular complexity index is 602. The summed E-state index contributed by atoms with van der Waals surface area (Å²) < 4.78 is 26.7. The molecule has 1 aromatic heterocycles. The van der Waals surface area contributed by atoms with Gasteiger partial charge in [-0.1, -0.05) is 6.07 Å². The molecule has 6 heteroatoms. The molecule has 0 bridgehead atoms. The van der Waals surface area contributed by atoms with Crippen LogP contribution in [0.25, 0.3) is 0 Å². The van der Waals surface area contributed by atoms with Crippen molar-refractivity contribution in [3.8, 4) is 0 Å². The van der Waals surface area contributed by atoms with E-state index in [9.17, 15) is 8.42 Å². The number of nitrogens with zero attached hydrogens (tertiary/aromatic N) is 1. The van der Waals surface area contributed by atoms with Crippen LogP contribution in [0.1, 0.15) is 0 Å². The van der Waals surface area contributed by atoms with Gasteiger partial charge in [0.2, 0.25) is 0 Å². The van der Waals surface area contributed by atoms with Gasteiger partial charge in [0.25, 0.3) is 10.0 Å². The van der Waals surface area contributed by atoms with Crippen molar-refractivity contribution in [2.24, 2.45) is 0 Å². The molecule has 0 aliphatic heterocycles. The van der Waals surface area contributed by atoms with Crippen LogP contribution in [0.15, 0.2) is 39.9 Å². The number of sulfonamides is 1. The van der Waals surface area contributed by atoms with Crippen molar-refractivity contribution in [1.29, 1.82) is 0 Å². The van der Waals surface area contributed by atoms with Crippen molar-refractivity contribution in [3.63, 3.8) is 0 Å². The second-order valence-corrected chi connectivity index (χ2v) is 6.75. The molecule has 0 spiro atoms. The lowest BCUT2D eigenvalue weighted by molar-refractivity contribution is 0.603. The third-order valence-electron chi connectivity index (χ3n) is 2.32. The van der Waals surface area contributed by atoms with Crippen LogP contribution in [-0.2, 0) is 10.0 Å². The molecule has 0 aliphatic carbocycles. The lowest BCUT2D eigenvalue weighted by Gasteiger charge is -2.12. The molecule has 0 fully saturated rings. The normalized spacial score (nSPS) is 11.2. The average Bonchev–Trinajstić information content (AvgIpc) is 2.83. The van der Waals surface area contributed by atoms with Crippen LogP contribution >= 0.6 is 11.3 Å². The number of rotatable bonds is 4. The SMILES string of the molecule is CN(C)c1c[c]c(NS(=O)(=O)c2cccs2)cc1. The maximum atomic E-state index is 12.0. The minimum absolute atomic E-state index is 0.299. The summed E-state index contributed by atoms with van der Waals surface area (Å²) in [5.74, 6) is 0. The van der Waals surface area contributed by atoms with E-state index in [1.54, 1.807) is 29.6 Å². The van der Waals surface area contributed by atoms with Gasteiger partial charge in [-0.05, 0) is 29.6 Å². The smallest absolute Gasteiger partial charge is 0.271 e. The molecule has 2 aromatic rings. The fraction of sp³-hybridized carbons (Fsp3) is 0.167. The standard InChI is InChI=1S/C12H13N2O2S2/c1-14(2)11-7-5-10(6-8-11)13-18(15,16)12-4-3-9-17-12/h3-5,7-9,13H,1-2H3. The first-order valence-electron chi connectivity index (χ1n) is 5.24. The predicted octanol–water partition coefficient (Wildman–Crippen LogP) is 2.42. The summed E-state index contributed by atoms with van der Waals surface area (Å²) in [5.41, 5.74) is 1.41. The minimum atomic E-state index is -3.48. The molecule has 18 heavy (non-hydrogen) atoms. The maximum absolute atomic E-state index is 12.0. The van der Waals surface area contributed by atoms with Crippen LogP contribution in [0.3, 0.4) is 0 Å². The van der Waals surface area contributed by atoms with E-state index < -0.39 is 10.0 Å². The molecule has 0 unspecified atom stereocenters. The monoisotopic (exact) mass is 281 g/mol. The third kappa shape index (κ3) is 2.83. The van der Waals surface area contributed by atoms with E-state index in [1.165, 1.54) is 11.3 Å². The molecule has 1 radical (unpaired) electrons. The number of hydrogen-bond acceptors (Lipinski definition) is 4. The lowest BCUT2D eigenvalue weighted by Crippen LogP contribution is -2.12. The van der Waals surface area contributed by atoms with Gasteiger partial charge in [-0.15, -0.1) is 11.3 Å². The Morgan fingerprint density at radius 3 is 2.56 bits per heavy atom. The molecule has 0 saturated carbocycles. The molecule has 0 aliphatic rings. The van der Waals surface area contributed by atoms with E-state index in [0.717, 1.165) is 5.69 Å². The van der Waals surface area contributed by atoms with Crippen LogP contribution in [0.2, 0.25) is 0 Å². The summed E-state index contributed by atoms with van der Waals surface area (Å²) in [5, 5.41) is 1.73. The van der Waals surface area contributed by atoms with Crippen molar-refractivity contribution in [1.82, 2.24) is 0 Å². The maximum Gasteiger partial charge on any atom is 0.271 e. The number of benzene rings is 1. The van der Waals surface area contributed by atoms with E-state index in [4.69, 9.17) is 0 Å². The van der Waals surface area contributed by atoms with Crippen molar-refractivity contribution in [3.05, 3.63) is 41.8 Å². The van der Waals surface area contributed by atoms with E-state index in [0.29, 0.717) is 9.90 Å². The first-order chi connectivity index (χ1) is 8.49. The van der Waals surface area contributed by atoms with Gasteiger partial charge >= 0.3 is 0 Å². The van der Waals surface area contributed by atoms with E-state index >= 15 is 0 Å². The fourth-order valence-corrected chi connectivity index (χ4v) is 3.39. The zero-order valence-electron chi connectivity index (χ0n) is 10.0. The molecule has 4 nitrogen and oxygen atoms in total. The van der Waals surface area contributed by atoms with E-state index in [-0.39, 0.29) is 0 Å². The second-order valence-electron chi connectivity index (χ2n) is 3.89. The van der Waals surface area contributed by atoms with Gasteiger partial charge in [0.05, 0.1) is 5.69 Å². The molecule has 1 heterocycles. The Morgan fingerprint density at radius 2 is 2.06 bits per heavy atom. The van der Waals surface area contributed by atoms with Crippen molar-refractivity contribution < 1.29 is 8.42 Å². The summed E-state index contributed by atoms with van der Waals surface area (Å²) in [6.07, 6.45) is 0. The van der Waals surface area contributed by atoms with Crippen LogP contribution in [-0.4, -0.2) is 22.5 Å². The quantitative estimate of drug-likeness (QED) is 0.936. The van der Waals surface area contributed by atoms with E-state index in [2.05, 4.69) is 10.8 Å². The lowest BCUT2D eigenvalue weighted by atomic mass is 10.3. The number of thiophene rings is 1. The minimum Gasteiger partial charge on any atom is -0.378 e. The summed E-state index contributed by atoms with van der Waals surface area (Å²) in [6.45, 7) is 0. The third-order valence-corrected chi connectivity index (χ3v) is 5.08. The van der Waals surface area contributed by atoms with Crippen LogP contribution in [0.4, 0.5) is 11.4 Å². The first kappa shape index (κ1) is 12.9. The van der Waals surface area contributed by atoms with Crippen LogP contribution in [0, 0.1) is 6.07 Å². The predicted molar refractivity (Wildman–Crippen MR) is 74.7 cm³/mol. The van der Waals surface area contributed by atoms with Crippen molar-refractivity contribution >= 4 is 32.7 Å². The summed E-state index contributed by atoms with van der Waals surface area (Å²) in [6, 6.07) is 11.5. The highest BCUT2D eigenvalue weighted by Crippen LogP contribution is 2.21. The Balaban J connectivity index is 2.20. The van der Waals surface area contributed by atoms with Gasteiger partial charge in [-0.25, -0.2) is 8.42 Å². The summed E-state index contributed by atoms with van der Waals surface area (Å²) >= 11 is 1.18. The highest BCUT2D eigenvalue weighted by Gasteiger charge is 2.14. The largest absolute Gasteiger partial charge is 0.378 e.